The van der Waals surface area contributed by atoms with E-state index in [9.17, 15) is 18.8 Å². The Kier molecular flexibility index (Phi) is 5.36. The van der Waals surface area contributed by atoms with Crippen molar-refractivity contribution in [2.24, 2.45) is 0 Å². The Labute approximate surface area is 134 Å². The summed E-state index contributed by atoms with van der Waals surface area (Å²) < 4.78 is 17.6. The standard InChI is InChI=1S/C14H12FN3O4S/c1-2-22-12(20)11(19)10-7-23-14(17-10)18-13(21)16-9-5-3-4-8(15)6-9/h3-7H,2H2,1H3,(H2,16,17,18,21). The highest BCUT2D eigenvalue weighted by Gasteiger charge is 2.21. The number of carbonyl (C=O) groups excluding carboxylic acids is 3. The van der Waals surface area contributed by atoms with Gasteiger partial charge in [0.1, 0.15) is 11.5 Å². The van der Waals surface area contributed by atoms with Gasteiger partial charge in [0.2, 0.25) is 0 Å². The lowest BCUT2D eigenvalue weighted by Crippen LogP contribution is -2.20. The van der Waals surface area contributed by atoms with Gasteiger partial charge >= 0.3 is 12.0 Å². The van der Waals surface area contributed by atoms with Crippen LogP contribution in [-0.2, 0) is 9.53 Å². The van der Waals surface area contributed by atoms with Crippen LogP contribution in [0.2, 0.25) is 0 Å². The Morgan fingerprint density at radius 1 is 1.30 bits per heavy atom. The van der Waals surface area contributed by atoms with E-state index in [1.54, 1.807) is 6.92 Å². The zero-order valence-corrected chi connectivity index (χ0v) is 12.8. The second-order valence-electron chi connectivity index (χ2n) is 4.18. The monoisotopic (exact) mass is 337 g/mol. The average molecular weight is 337 g/mol. The van der Waals surface area contributed by atoms with Crippen molar-refractivity contribution in [3.05, 3.63) is 41.2 Å². The van der Waals surface area contributed by atoms with E-state index in [2.05, 4.69) is 20.4 Å². The summed E-state index contributed by atoms with van der Waals surface area (Å²) in [5.41, 5.74) is 0.149. The number of ether oxygens (including phenoxy) is 1. The van der Waals surface area contributed by atoms with Gasteiger partial charge in [0.25, 0.3) is 5.78 Å². The fourth-order valence-corrected chi connectivity index (χ4v) is 2.25. The summed E-state index contributed by atoms with van der Waals surface area (Å²) in [7, 11) is 0. The van der Waals surface area contributed by atoms with Crippen LogP contribution in [0.25, 0.3) is 0 Å². The number of rotatable bonds is 5. The van der Waals surface area contributed by atoms with Gasteiger partial charge in [0.15, 0.2) is 5.13 Å². The van der Waals surface area contributed by atoms with E-state index in [1.807, 2.05) is 0 Å². The first-order chi connectivity index (χ1) is 11.0. The van der Waals surface area contributed by atoms with Crippen molar-refractivity contribution in [1.82, 2.24) is 4.98 Å². The fourth-order valence-electron chi connectivity index (χ4n) is 1.56. The van der Waals surface area contributed by atoms with Crippen molar-refractivity contribution < 1.29 is 23.5 Å². The van der Waals surface area contributed by atoms with Gasteiger partial charge in [-0.25, -0.2) is 19.0 Å². The lowest BCUT2D eigenvalue weighted by Gasteiger charge is -2.05. The fraction of sp³-hybridized carbons (Fsp3) is 0.143. The molecule has 0 aliphatic heterocycles. The third-order valence-corrected chi connectivity index (χ3v) is 3.26. The van der Waals surface area contributed by atoms with E-state index in [1.165, 1.54) is 23.6 Å². The quantitative estimate of drug-likeness (QED) is 0.497. The first-order valence-electron chi connectivity index (χ1n) is 6.50. The van der Waals surface area contributed by atoms with E-state index in [0.717, 1.165) is 17.4 Å². The topological polar surface area (TPSA) is 97.4 Å². The van der Waals surface area contributed by atoms with Gasteiger partial charge in [-0.3, -0.25) is 10.1 Å². The molecule has 1 heterocycles. The minimum atomic E-state index is -1.01. The maximum absolute atomic E-state index is 13.0. The molecule has 0 aliphatic rings. The molecule has 2 N–H and O–H groups in total. The number of hydrogen-bond donors (Lipinski definition) is 2. The average Bonchev–Trinajstić information content (AvgIpc) is 2.95. The van der Waals surface area contributed by atoms with Crippen LogP contribution in [0.15, 0.2) is 29.6 Å². The molecule has 0 unspecified atom stereocenters. The summed E-state index contributed by atoms with van der Waals surface area (Å²) >= 11 is 0.970. The smallest absolute Gasteiger partial charge is 0.381 e. The molecule has 0 spiro atoms. The Hall–Kier alpha value is -2.81. The first-order valence-corrected chi connectivity index (χ1v) is 7.38. The number of ketones is 1. The molecule has 0 bridgehead atoms. The van der Waals surface area contributed by atoms with Crippen LogP contribution in [0.3, 0.4) is 0 Å². The van der Waals surface area contributed by atoms with Gasteiger partial charge in [-0.05, 0) is 25.1 Å². The summed E-state index contributed by atoms with van der Waals surface area (Å²) in [6.07, 6.45) is 0. The molecule has 0 saturated heterocycles. The van der Waals surface area contributed by atoms with Crippen LogP contribution in [-0.4, -0.2) is 29.4 Å². The SMILES string of the molecule is CCOC(=O)C(=O)c1csc(NC(=O)Nc2cccc(F)c2)n1. The zero-order chi connectivity index (χ0) is 16.8. The normalized spacial score (nSPS) is 10.0. The molecule has 0 fully saturated rings. The third-order valence-electron chi connectivity index (χ3n) is 2.50. The highest BCUT2D eigenvalue weighted by molar-refractivity contribution is 7.14. The van der Waals surface area contributed by atoms with Crippen molar-refractivity contribution in [2.45, 2.75) is 6.92 Å². The number of aromatic nitrogens is 1. The first kappa shape index (κ1) is 16.6. The predicted molar refractivity (Wildman–Crippen MR) is 82.1 cm³/mol. The number of benzene rings is 1. The van der Waals surface area contributed by atoms with Crippen LogP contribution in [0.4, 0.5) is 20.0 Å². The summed E-state index contributed by atoms with van der Waals surface area (Å²) in [6, 6.07) is 4.71. The van der Waals surface area contributed by atoms with E-state index in [0.29, 0.717) is 0 Å². The molecule has 1 aromatic carbocycles. The lowest BCUT2D eigenvalue weighted by atomic mass is 10.3. The third kappa shape index (κ3) is 4.58. The minimum Gasteiger partial charge on any atom is -0.460 e. The largest absolute Gasteiger partial charge is 0.460 e. The molecule has 2 amide bonds. The van der Waals surface area contributed by atoms with Crippen LogP contribution in [0, 0.1) is 5.82 Å². The second-order valence-corrected chi connectivity index (χ2v) is 5.04. The molecule has 23 heavy (non-hydrogen) atoms. The maximum Gasteiger partial charge on any atom is 0.381 e. The molecule has 2 aromatic rings. The van der Waals surface area contributed by atoms with Crippen molar-refractivity contribution in [3.8, 4) is 0 Å². The van der Waals surface area contributed by atoms with E-state index in [-0.39, 0.29) is 23.1 Å². The van der Waals surface area contributed by atoms with Crippen LogP contribution in [0.1, 0.15) is 17.4 Å². The number of Topliss-reactive ketones (excluding diaryl/α,β-unsaturated/α-hetero) is 1. The van der Waals surface area contributed by atoms with Gasteiger partial charge in [-0.15, -0.1) is 11.3 Å². The summed E-state index contributed by atoms with van der Waals surface area (Å²) in [5.74, 6) is -2.38. The maximum atomic E-state index is 13.0. The number of hydrogen-bond acceptors (Lipinski definition) is 6. The van der Waals surface area contributed by atoms with Crippen LogP contribution < -0.4 is 10.6 Å². The van der Waals surface area contributed by atoms with Crippen LogP contribution >= 0.6 is 11.3 Å². The number of halogens is 1. The molecule has 0 saturated carbocycles. The molecule has 120 valence electrons. The minimum absolute atomic E-state index is 0.0792. The molecule has 0 radical (unpaired) electrons. The predicted octanol–water partition coefficient (Wildman–Crippen LogP) is 2.67. The summed E-state index contributed by atoms with van der Waals surface area (Å²) in [6.45, 7) is 1.66. The molecule has 9 heteroatoms. The Balaban J connectivity index is 1.97. The highest BCUT2D eigenvalue weighted by Crippen LogP contribution is 2.17. The molecular formula is C14H12FN3O4S. The van der Waals surface area contributed by atoms with Gasteiger partial charge in [-0.1, -0.05) is 6.07 Å². The molecule has 1 aromatic heterocycles. The number of urea groups is 1. The van der Waals surface area contributed by atoms with E-state index in [4.69, 9.17) is 0 Å². The van der Waals surface area contributed by atoms with Gasteiger partial charge < -0.3 is 10.1 Å². The molecule has 2 rings (SSSR count). The van der Waals surface area contributed by atoms with Gasteiger partial charge in [0, 0.05) is 11.1 Å². The van der Waals surface area contributed by atoms with Crippen molar-refractivity contribution in [1.29, 1.82) is 0 Å². The number of esters is 1. The van der Waals surface area contributed by atoms with Crippen LogP contribution in [0.5, 0.6) is 0 Å². The number of nitrogens with one attached hydrogen (secondary N) is 2. The molecule has 0 aliphatic carbocycles. The van der Waals surface area contributed by atoms with Crippen molar-refractivity contribution >= 4 is 39.9 Å². The van der Waals surface area contributed by atoms with E-state index < -0.39 is 23.6 Å². The zero-order valence-electron chi connectivity index (χ0n) is 12.0. The van der Waals surface area contributed by atoms with E-state index >= 15 is 0 Å². The van der Waals surface area contributed by atoms with Crippen molar-refractivity contribution in [2.75, 3.05) is 17.2 Å². The van der Waals surface area contributed by atoms with Gasteiger partial charge in [0.05, 0.1) is 6.61 Å². The number of amides is 2. The number of thiazole rings is 1. The number of nitrogens with zero attached hydrogens (tertiary/aromatic N) is 1. The Bertz CT molecular complexity index is 747. The van der Waals surface area contributed by atoms with Gasteiger partial charge in [-0.2, -0.15) is 0 Å². The summed E-state index contributed by atoms with van der Waals surface area (Å²) in [5, 5.41) is 6.25. The lowest BCUT2D eigenvalue weighted by molar-refractivity contribution is -0.137. The number of carbonyl (C=O) groups is 3. The Morgan fingerprint density at radius 3 is 2.78 bits per heavy atom. The molecule has 7 nitrogen and oxygen atoms in total. The molecular weight excluding hydrogens is 325 g/mol. The van der Waals surface area contributed by atoms with Crippen molar-refractivity contribution in [3.63, 3.8) is 0 Å². The highest BCUT2D eigenvalue weighted by atomic mass is 32.1. The number of anilines is 2. The molecule has 0 atom stereocenters. The second kappa shape index (κ2) is 7.45. The Morgan fingerprint density at radius 2 is 2.09 bits per heavy atom. The summed E-state index contributed by atoms with van der Waals surface area (Å²) in [4.78, 5) is 38.6.